The smallest absolute Gasteiger partial charge is 0.248 e. The molecule has 114 valence electrons. The molecular formula is C14H18N2O4S. The molecule has 1 atom stereocenters. The van der Waals surface area contributed by atoms with Crippen molar-refractivity contribution in [2.75, 3.05) is 0 Å². The second-order valence-corrected chi connectivity index (χ2v) is 7.10. The summed E-state index contributed by atoms with van der Waals surface area (Å²) in [6.45, 7) is 5.21. The molecule has 2 rings (SSSR count). The first-order valence-electron chi connectivity index (χ1n) is 6.67. The van der Waals surface area contributed by atoms with Gasteiger partial charge in [-0.3, -0.25) is 14.5 Å². The van der Waals surface area contributed by atoms with Gasteiger partial charge in [-0.15, -0.1) is 0 Å². The molecule has 21 heavy (non-hydrogen) atoms. The Kier molecular flexibility index (Phi) is 4.15. The standard InChI is InChI=1S/C14H18N2O4S/c1-9(2)16-13(17)8-12(14(16)18)15-21(19,20)11-6-4-5-10(3)7-11/h4-7,9,12,15H,8H2,1-3H3. The molecule has 2 amide bonds. The number of benzene rings is 1. The van der Waals surface area contributed by atoms with Crippen LogP contribution in [0, 0.1) is 6.92 Å². The van der Waals surface area contributed by atoms with Crippen LogP contribution in [-0.4, -0.2) is 37.2 Å². The van der Waals surface area contributed by atoms with E-state index in [0.717, 1.165) is 10.5 Å². The average Bonchev–Trinajstić information content (AvgIpc) is 2.63. The summed E-state index contributed by atoms with van der Waals surface area (Å²) in [5.74, 6) is -0.849. The van der Waals surface area contributed by atoms with Crippen molar-refractivity contribution in [1.29, 1.82) is 0 Å². The van der Waals surface area contributed by atoms with Crippen LogP contribution in [0.15, 0.2) is 29.2 Å². The lowest BCUT2D eigenvalue weighted by Crippen LogP contribution is -2.43. The van der Waals surface area contributed by atoms with Crippen molar-refractivity contribution < 1.29 is 18.0 Å². The van der Waals surface area contributed by atoms with Crippen LogP contribution in [0.1, 0.15) is 25.8 Å². The third-order valence-corrected chi connectivity index (χ3v) is 4.77. The van der Waals surface area contributed by atoms with Crippen LogP contribution in [0.2, 0.25) is 0 Å². The van der Waals surface area contributed by atoms with Gasteiger partial charge < -0.3 is 0 Å². The van der Waals surface area contributed by atoms with Crippen molar-refractivity contribution in [2.24, 2.45) is 0 Å². The van der Waals surface area contributed by atoms with E-state index in [0.29, 0.717) is 0 Å². The molecule has 0 aromatic heterocycles. The number of likely N-dealkylation sites (tertiary alicyclic amines) is 1. The van der Waals surface area contributed by atoms with Gasteiger partial charge in [0.25, 0.3) is 0 Å². The topological polar surface area (TPSA) is 83.6 Å². The van der Waals surface area contributed by atoms with Gasteiger partial charge in [-0.05, 0) is 38.5 Å². The minimum Gasteiger partial charge on any atom is -0.279 e. The van der Waals surface area contributed by atoms with Crippen LogP contribution >= 0.6 is 0 Å². The summed E-state index contributed by atoms with van der Waals surface area (Å²) in [5.41, 5.74) is 0.801. The van der Waals surface area contributed by atoms with Crippen LogP contribution in [0.25, 0.3) is 0 Å². The maximum Gasteiger partial charge on any atom is 0.248 e. The van der Waals surface area contributed by atoms with E-state index in [-0.39, 0.29) is 23.3 Å². The van der Waals surface area contributed by atoms with Gasteiger partial charge >= 0.3 is 0 Å². The quantitative estimate of drug-likeness (QED) is 0.834. The van der Waals surface area contributed by atoms with Crippen LogP contribution in [0.4, 0.5) is 0 Å². The summed E-state index contributed by atoms with van der Waals surface area (Å²) in [6, 6.07) is 5.08. The Morgan fingerprint density at radius 1 is 1.29 bits per heavy atom. The molecule has 1 unspecified atom stereocenters. The third-order valence-electron chi connectivity index (χ3n) is 3.30. The van der Waals surface area contributed by atoms with Gasteiger partial charge in [-0.1, -0.05) is 12.1 Å². The Bertz CT molecular complexity index is 682. The first-order valence-corrected chi connectivity index (χ1v) is 8.15. The first kappa shape index (κ1) is 15.7. The molecule has 0 radical (unpaired) electrons. The van der Waals surface area contributed by atoms with E-state index in [9.17, 15) is 18.0 Å². The van der Waals surface area contributed by atoms with E-state index in [4.69, 9.17) is 0 Å². The number of amides is 2. The summed E-state index contributed by atoms with van der Waals surface area (Å²) >= 11 is 0. The van der Waals surface area contributed by atoms with Crippen molar-refractivity contribution in [3.8, 4) is 0 Å². The number of aryl methyl sites for hydroxylation is 1. The molecule has 1 aliphatic rings. The summed E-state index contributed by atoms with van der Waals surface area (Å²) in [7, 11) is -3.82. The Morgan fingerprint density at radius 3 is 2.48 bits per heavy atom. The van der Waals surface area contributed by atoms with Crippen LogP contribution in [-0.2, 0) is 19.6 Å². The van der Waals surface area contributed by atoms with E-state index >= 15 is 0 Å². The lowest BCUT2D eigenvalue weighted by molar-refractivity contribution is -0.140. The van der Waals surface area contributed by atoms with Crippen molar-refractivity contribution in [3.63, 3.8) is 0 Å². The number of hydrogen-bond donors (Lipinski definition) is 1. The van der Waals surface area contributed by atoms with Crippen LogP contribution < -0.4 is 4.72 Å². The summed E-state index contributed by atoms with van der Waals surface area (Å²) in [5, 5.41) is 0. The summed E-state index contributed by atoms with van der Waals surface area (Å²) in [6.07, 6.45) is -0.137. The maximum atomic E-state index is 12.3. The monoisotopic (exact) mass is 310 g/mol. The molecule has 0 spiro atoms. The van der Waals surface area contributed by atoms with E-state index in [1.807, 2.05) is 0 Å². The van der Waals surface area contributed by atoms with Gasteiger partial charge in [-0.25, -0.2) is 8.42 Å². The van der Waals surface area contributed by atoms with E-state index in [2.05, 4.69) is 4.72 Å². The summed E-state index contributed by atoms with van der Waals surface area (Å²) in [4.78, 5) is 25.1. The Hall–Kier alpha value is -1.73. The Labute approximate surface area is 124 Å². The van der Waals surface area contributed by atoms with Gasteiger partial charge in [-0.2, -0.15) is 4.72 Å². The molecule has 1 aromatic rings. The molecule has 1 fully saturated rings. The highest BCUT2D eigenvalue weighted by Crippen LogP contribution is 2.19. The SMILES string of the molecule is Cc1cccc(S(=O)(=O)NC2CC(=O)N(C(C)C)C2=O)c1. The minimum atomic E-state index is -3.82. The van der Waals surface area contributed by atoms with Crippen molar-refractivity contribution in [2.45, 2.75) is 44.2 Å². The van der Waals surface area contributed by atoms with E-state index in [1.54, 1.807) is 32.9 Å². The fraction of sp³-hybridized carbons (Fsp3) is 0.429. The second-order valence-electron chi connectivity index (χ2n) is 5.39. The Balaban J connectivity index is 2.22. The zero-order valence-electron chi connectivity index (χ0n) is 12.2. The van der Waals surface area contributed by atoms with Crippen LogP contribution in [0.5, 0.6) is 0 Å². The number of rotatable bonds is 4. The predicted molar refractivity (Wildman–Crippen MR) is 76.9 cm³/mol. The summed E-state index contributed by atoms with van der Waals surface area (Å²) < 4.78 is 26.9. The van der Waals surface area contributed by atoms with Crippen LogP contribution in [0.3, 0.4) is 0 Å². The fourth-order valence-electron chi connectivity index (χ4n) is 2.32. The van der Waals surface area contributed by atoms with Crippen molar-refractivity contribution in [1.82, 2.24) is 9.62 Å². The van der Waals surface area contributed by atoms with Gasteiger partial charge in [0, 0.05) is 6.04 Å². The van der Waals surface area contributed by atoms with Gasteiger partial charge in [0.05, 0.1) is 11.3 Å². The molecule has 0 saturated carbocycles. The molecular weight excluding hydrogens is 292 g/mol. The predicted octanol–water partition coefficient (Wildman–Crippen LogP) is 0.809. The molecule has 1 aromatic carbocycles. The van der Waals surface area contributed by atoms with Crippen molar-refractivity contribution in [3.05, 3.63) is 29.8 Å². The number of imide groups is 1. The highest BCUT2D eigenvalue weighted by molar-refractivity contribution is 7.89. The number of sulfonamides is 1. The van der Waals surface area contributed by atoms with Crippen molar-refractivity contribution >= 4 is 21.8 Å². The highest BCUT2D eigenvalue weighted by atomic mass is 32.2. The van der Waals surface area contributed by atoms with Gasteiger partial charge in [0.15, 0.2) is 0 Å². The minimum absolute atomic E-state index is 0.0887. The average molecular weight is 310 g/mol. The zero-order valence-corrected chi connectivity index (χ0v) is 13.0. The molecule has 1 aliphatic heterocycles. The molecule has 1 N–H and O–H groups in total. The normalized spacial score (nSPS) is 19.6. The zero-order chi connectivity index (χ0) is 15.8. The largest absolute Gasteiger partial charge is 0.279 e. The number of carbonyl (C=O) groups excluding carboxylic acids is 2. The number of nitrogens with one attached hydrogen (secondary N) is 1. The molecule has 1 heterocycles. The Morgan fingerprint density at radius 2 is 1.95 bits per heavy atom. The first-order chi connectivity index (χ1) is 9.72. The molecule has 1 saturated heterocycles. The third kappa shape index (κ3) is 3.14. The van der Waals surface area contributed by atoms with Gasteiger partial charge in [0.1, 0.15) is 6.04 Å². The highest BCUT2D eigenvalue weighted by Gasteiger charge is 2.41. The fourth-order valence-corrected chi connectivity index (χ4v) is 3.62. The van der Waals surface area contributed by atoms with E-state index < -0.39 is 22.0 Å². The molecule has 0 aliphatic carbocycles. The number of nitrogens with zero attached hydrogens (tertiary/aromatic N) is 1. The molecule has 7 heteroatoms. The molecule has 6 nitrogen and oxygen atoms in total. The maximum absolute atomic E-state index is 12.3. The number of hydrogen-bond acceptors (Lipinski definition) is 4. The lowest BCUT2D eigenvalue weighted by Gasteiger charge is -2.19. The molecule has 0 bridgehead atoms. The van der Waals surface area contributed by atoms with E-state index in [1.165, 1.54) is 12.1 Å². The second kappa shape index (κ2) is 5.57. The van der Waals surface area contributed by atoms with Gasteiger partial charge in [0.2, 0.25) is 21.8 Å². The lowest BCUT2D eigenvalue weighted by atomic mass is 10.2. The number of carbonyl (C=O) groups is 2.